The summed E-state index contributed by atoms with van der Waals surface area (Å²) in [6.07, 6.45) is 0.873. The van der Waals surface area contributed by atoms with Crippen molar-refractivity contribution < 1.29 is 19.4 Å². The first-order valence-corrected chi connectivity index (χ1v) is 7.45. The van der Waals surface area contributed by atoms with Gasteiger partial charge in [0.05, 0.1) is 18.8 Å². The van der Waals surface area contributed by atoms with E-state index in [1.54, 1.807) is 18.2 Å². The van der Waals surface area contributed by atoms with Gasteiger partial charge in [0.2, 0.25) is 0 Å². The number of hydrogen-bond acceptors (Lipinski definition) is 4. The van der Waals surface area contributed by atoms with Gasteiger partial charge in [-0.15, -0.1) is 0 Å². The van der Waals surface area contributed by atoms with Crippen molar-refractivity contribution in [2.45, 2.75) is 16.2 Å². The van der Waals surface area contributed by atoms with Crippen LogP contribution in [-0.4, -0.2) is 24.3 Å². The Hall–Kier alpha value is -2.14. The number of benzene rings is 2. The molecular formula is C16H14O4S. The largest absolute Gasteiger partial charge is 0.490 e. The number of ether oxygens (including phenoxy) is 2. The third-order valence-electron chi connectivity index (χ3n) is 3.04. The first-order valence-electron chi connectivity index (χ1n) is 6.63. The summed E-state index contributed by atoms with van der Waals surface area (Å²) in [7, 11) is 0. The van der Waals surface area contributed by atoms with Gasteiger partial charge in [-0.25, -0.2) is 4.79 Å². The maximum Gasteiger partial charge on any atom is 0.335 e. The van der Waals surface area contributed by atoms with Crippen LogP contribution in [0.4, 0.5) is 0 Å². The summed E-state index contributed by atoms with van der Waals surface area (Å²) >= 11 is 1.50. The van der Waals surface area contributed by atoms with Crippen LogP contribution in [0.25, 0.3) is 0 Å². The van der Waals surface area contributed by atoms with Crippen LogP contribution >= 0.6 is 11.8 Å². The van der Waals surface area contributed by atoms with Gasteiger partial charge in [0.1, 0.15) is 0 Å². The summed E-state index contributed by atoms with van der Waals surface area (Å²) in [5, 5.41) is 9.02. The average Bonchev–Trinajstić information content (AvgIpc) is 2.72. The van der Waals surface area contributed by atoms with E-state index < -0.39 is 5.97 Å². The number of hydrogen-bond donors (Lipinski definition) is 1. The molecule has 2 aromatic rings. The lowest BCUT2D eigenvalue weighted by molar-refractivity contribution is 0.0696. The zero-order valence-electron chi connectivity index (χ0n) is 11.2. The van der Waals surface area contributed by atoms with Crippen molar-refractivity contribution in [3.63, 3.8) is 0 Å². The second kappa shape index (κ2) is 6.10. The molecule has 108 valence electrons. The molecule has 0 unspecified atom stereocenters. The third kappa shape index (κ3) is 3.31. The van der Waals surface area contributed by atoms with Gasteiger partial charge in [-0.2, -0.15) is 0 Å². The zero-order valence-corrected chi connectivity index (χ0v) is 12.1. The smallest absolute Gasteiger partial charge is 0.335 e. The highest BCUT2D eigenvalue weighted by Crippen LogP contribution is 2.36. The van der Waals surface area contributed by atoms with E-state index in [-0.39, 0.29) is 5.56 Å². The molecule has 0 aromatic heterocycles. The molecule has 1 aliphatic heterocycles. The van der Waals surface area contributed by atoms with Crippen LogP contribution in [0.3, 0.4) is 0 Å². The molecule has 0 fully saturated rings. The molecule has 1 N–H and O–H groups in total. The standard InChI is InChI=1S/C16H14O4S/c17-16(18)11-3-1-4-12(9-11)21-13-5-6-14-15(10-13)20-8-2-7-19-14/h1,3-6,9-10H,2,7-8H2,(H,17,18). The van der Waals surface area contributed by atoms with Crippen molar-refractivity contribution in [1.29, 1.82) is 0 Å². The average molecular weight is 302 g/mol. The maximum absolute atomic E-state index is 11.0. The highest BCUT2D eigenvalue weighted by Gasteiger charge is 2.11. The van der Waals surface area contributed by atoms with Gasteiger partial charge in [-0.05, 0) is 36.4 Å². The number of aromatic carboxylic acids is 1. The molecule has 0 saturated heterocycles. The molecule has 0 bridgehead atoms. The Bertz CT molecular complexity index is 669. The number of rotatable bonds is 3. The van der Waals surface area contributed by atoms with Crippen molar-refractivity contribution in [2.75, 3.05) is 13.2 Å². The SMILES string of the molecule is O=C(O)c1cccc(Sc2ccc3c(c2)OCCCO3)c1. The topological polar surface area (TPSA) is 55.8 Å². The Morgan fingerprint density at radius 2 is 1.76 bits per heavy atom. The highest BCUT2D eigenvalue weighted by atomic mass is 32.2. The molecule has 0 atom stereocenters. The number of carboxylic acids is 1. The van der Waals surface area contributed by atoms with Crippen LogP contribution in [-0.2, 0) is 0 Å². The number of carboxylic acid groups (broad SMARTS) is 1. The van der Waals surface area contributed by atoms with Crippen molar-refractivity contribution in [3.8, 4) is 11.5 Å². The van der Waals surface area contributed by atoms with Crippen LogP contribution in [0.15, 0.2) is 52.3 Å². The summed E-state index contributed by atoms with van der Waals surface area (Å²) in [5.41, 5.74) is 0.286. The van der Waals surface area contributed by atoms with Crippen molar-refractivity contribution in [1.82, 2.24) is 0 Å². The molecular weight excluding hydrogens is 288 g/mol. The quantitative estimate of drug-likeness (QED) is 0.937. The van der Waals surface area contributed by atoms with E-state index in [1.165, 1.54) is 11.8 Å². The van der Waals surface area contributed by atoms with E-state index in [4.69, 9.17) is 14.6 Å². The molecule has 4 nitrogen and oxygen atoms in total. The van der Waals surface area contributed by atoms with Crippen molar-refractivity contribution in [3.05, 3.63) is 48.0 Å². The minimum absolute atomic E-state index is 0.286. The molecule has 1 aliphatic rings. The summed E-state index contributed by atoms with van der Waals surface area (Å²) < 4.78 is 11.2. The van der Waals surface area contributed by atoms with Crippen LogP contribution in [0.1, 0.15) is 16.8 Å². The second-order valence-electron chi connectivity index (χ2n) is 4.59. The fourth-order valence-electron chi connectivity index (χ4n) is 2.04. The van der Waals surface area contributed by atoms with Crippen LogP contribution in [0.5, 0.6) is 11.5 Å². The molecule has 5 heteroatoms. The highest BCUT2D eigenvalue weighted by molar-refractivity contribution is 7.99. The molecule has 21 heavy (non-hydrogen) atoms. The van der Waals surface area contributed by atoms with Gasteiger partial charge in [-0.3, -0.25) is 0 Å². The van der Waals surface area contributed by atoms with Gasteiger partial charge in [-0.1, -0.05) is 17.8 Å². The molecule has 0 amide bonds. The predicted octanol–water partition coefficient (Wildman–Crippen LogP) is 3.70. The Labute approximate surface area is 126 Å². The van der Waals surface area contributed by atoms with Crippen molar-refractivity contribution >= 4 is 17.7 Å². The molecule has 2 aromatic carbocycles. The van der Waals surface area contributed by atoms with Crippen molar-refractivity contribution in [2.24, 2.45) is 0 Å². The fourth-order valence-corrected chi connectivity index (χ4v) is 2.94. The molecule has 0 radical (unpaired) electrons. The van der Waals surface area contributed by atoms with Crippen LogP contribution in [0, 0.1) is 0 Å². The number of fused-ring (bicyclic) bond motifs is 1. The van der Waals surface area contributed by atoms with E-state index in [2.05, 4.69) is 0 Å². The molecule has 0 spiro atoms. The van der Waals surface area contributed by atoms with E-state index in [9.17, 15) is 4.79 Å². The van der Waals surface area contributed by atoms with E-state index in [0.29, 0.717) is 13.2 Å². The minimum Gasteiger partial charge on any atom is -0.490 e. The summed E-state index contributed by atoms with van der Waals surface area (Å²) in [6.45, 7) is 1.32. The summed E-state index contributed by atoms with van der Waals surface area (Å²) in [5.74, 6) is 0.583. The first kappa shape index (κ1) is 13.8. The Balaban J connectivity index is 1.83. The minimum atomic E-state index is -0.920. The molecule has 3 rings (SSSR count). The lowest BCUT2D eigenvalue weighted by Gasteiger charge is -2.09. The van der Waals surface area contributed by atoms with Crippen LogP contribution < -0.4 is 9.47 Å². The van der Waals surface area contributed by atoms with E-state index >= 15 is 0 Å². The maximum atomic E-state index is 11.0. The molecule has 0 aliphatic carbocycles. The zero-order chi connectivity index (χ0) is 14.7. The van der Waals surface area contributed by atoms with E-state index in [1.807, 2.05) is 24.3 Å². The van der Waals surface area contributed by atoms with Gasteiger partial charge < -0.3 is 14.6 Å². The van der Waals surface area contributed by atoms with Gasteiger partial charge in [0, 0.05) is 16.2 Å². The lowest BCUT2D eigenvalue weighted by atomic mass is 10.2. The fraction of sp³-hybridized carbons (Fsp3) is 0.188. The summed E-state index contributed by atoms with van der Waals surface area (Å²) in [6, 6.07) is 12.7. The lowest BCUT2D eigenvalue weighted by Crippen LogP contribution is -1.97. The second-order valence-corrected chi connectivity index (χ2v) is 5.74. The molecule has 0 saturated carbocycles. The number of carbonyl (C=O) groups is 1. The van der Waals surface area contributed by atoms with E-state index in [0.717, 1.165) is 27.7 Å². The Morgan fingerprint density at radius 3 is 2.57 bits per heavy atom. The monoisotopic (exact) mass is 302 g/mol. The van der Waals surface area contributed by atoms with Crippen LogP contribution in [0.2, 0.25) is 0 Å². The van der Waals surface area contributed by atoms with Gasteiger partial charge >= 0.3 is 5.97 Å². The van der Waals surface area contributed by atoms with Gasteiger partial charge in [0.25, 0.3) is 0 Å². The Kier molecular flexibility index (Phi) is 4.01. The third-order valence-corrected chi connectivity index (χ3v) is 4.01. The summed E-state index contributed by atoms with van der Waals surface area (Å²) in [4.78, 5) is 12.9. The predicted molar refractivity (Wildman–Crippen MR) is 79.6 cm³/mol. The first-order chi connectivity index (χ1) is 10.2. The molecule has 1 heterocycles. The van der Waals surface area contributed by atoms with Gasteiger partial charge in [0.15, 0.2) is 11.5 Å². The Morgan fingerprint density at radius 1 is 1.00 bits per heavy atom. The normalized spacial score (nSPS) is 13.5.